The second kappa shape index (κ2) is 5.33. The smallest absolute Gasteiger partial charge is 0.174 e. The van der Waals surface area contributed by atoms with Gasteiger partial charge in [0.1, 0.15) is 0 Å². The summed E-state index contributed by atoms with van der Waals surface area (Å²) in [6.45, 7) is 12.8. The van der Waals surface area contributed by atoms with Crippen molar-refractivity contribution in [2.24, 2.45) is 11.8 Å². The van der Waals surface area contributed by atoms with Crippen LogP contribution in [0.15, 0.2) is 12.2 Å². The van der Waals surface area contributed by atoms with E-state index in [0.717, 1.165) is 6.42 Å². The molecule has 16 heavy (non-hydrogen) atoms. The first-order valence-corrected chi connectivity index (χ1v) is 6.45. The zero-order valence-corrected chi connectivity index (χ0v) is 11.5. The standard InChI is InChI=1S/C14H26O2/c1-7-14(11(4)9-8-10(2)3)15-12(5)13(6)16-14/h8-13H,7H2,1-6H3/b9-8+/t11-,12+,13+/m0/s1. The molecular weight excluding hydrogens is 200 g/mol. The van der Waals surface area contributed by atoms with Gasteiger partial charge in [-0.1, -0.05) is 39.8 Å². The third-order valence-electron chi connectivity index (χ3n) is 3.40. The Balaban J connectivity index is 2.74. The molecule has 0 radical (unpaired) electrons. The normalized spacial score (nSPS) is 31.4. The van der Waals surface area contributed by atoms with Gasteiger partial charge in [-0.05, 0) is 26.2 Å². The topological polar surface area (TPSA) is 18.5 Å². The van der Waals surface area contributed by atoms with Crippen LogP contribution in [0.3, 0.4) is 0 Å². The van der Waals surface area contributed by atoms with Gasteiger partial charge in [0.05, 0.1) is 12.2 Å². The van der Waals surface area contributed by atoms with E-state index < -0.39 is 5.79 Å². The van der Waals surface area contributed by atoms with Crippen molar-refractivity contribution in [3.63, 3.8) is 0 Å². The lowest BCUT2D eigenvalue weighted by atomic mass is 9.96. The van der Waals surface area contributed by atoms with Crippen LogP contribution < -0.4 is 0 Å². The summed E-state index contributed by atoms with van der Waals surface area (Å²) in [5.74, 6) is 0.462. The first kappa shape index (κ1) is 13.7. The molecule has 0 aromatic carbocycles. The molecule has 0 aromatic rings. The second-order valence-corrected chi connectivity index (χ2v) is 5.23. The summed E-state index contributed by atoms with van der Waals surface area (Å²) in [6, 6.07) is 0. The van der Waals surface area contributed by atoms with Crippen molar-refractivity contribution in [3.8, 4) is 0 Å². The van der Waals surface area contributed by atoms with E-state index in [9.17, 15) is 0 Å². The highest BCUT2D eigenvalue weighted by atomic mass is 16.8. The first-order chi connectivity index (χ1) is 7.41. The van der Waals surface area contributed by atoms with Crippen molar-refractivity contribution < 1.29 is 9.47 Å². The fourth-order valence-electron chi connectivity index (χ4n) is 2.09. The van der Waals surface area contributed by atoms with E-state index >= 15 is 0 Å². The summed E-state index contributed by atoms with van der Waals surface area (Å²) in [5, 5.41) is 0. The summed E-state index contributed by atoms with van der Waals surface area (Å²) in [6.07, 6.45) is 5.72. The summed E-state index contributed by atoms with van der Waals surface area (Å²) >= 11 is 0. The van der Waals surface area contributed by atoms with E-state index in [1.165, 1.54) is 0 Å². The van der Waals surface area contributed by atoms with Gasteiger partial charge in [0.25, 0.3) is 0 Å². The Bertz CT molecular complexity index is 235. The van der Waals surface area contributed by atoms with Crippen molar-refractivity contribution >= 4 is 0 Å². The molecule has 0 amide bonds. The minimum atomic E-state index is -0.412. The van der Waals surface area contributed by atoms with E-state index in [-0.39, 0.29) is 12.2 Å². The quantitative estimate of drug-likeness (QED) is 0.679. The lowest BCUT2D eigenvalue weighted by Gasteiger charge is -2.31. The van der Waals surface area contributed by atoms with Gasteiger partial charge >= 0.3 is 0 Å². The van der Waals surface area contributed by atoms with Crippen molar-refractivity contribution in [1.29, 1.82) is 0 Å². The van der Waals surface area contributed by atoms with Crippen molar-refractivity contribution in [2.45, 2.75) is 66.0 Å². The average molecular weight is 226 g/mol. The van der Waals surface area contributed by atoms with Crippen LogP contribution in [0.4, 0.5) is 0 Å². The van der Waals surface area contributed by atoms with E-state index in [4.69, 9.17) is 9.47 Å². The molecule has 1 rings (SSSR count). The molecule has 1 heterocycles. The van der Waals surface area contributed by atoms with Crippen LogP contribution >= 0.6 is 0 Å². The molecular formula is C14H26O2. The maximum Gasteiger partial charge on any atom is 0.174 e. The lowest BCUT2D eigenvalue weighted by molar-refractivity contribution is -0.197. The third-order valence-corrected chi connectivity index (χ3v) is 3.40. The van der Waals surface area contributed by atoms with Gasteiger partial charge in [0.15, 0.2) is 5.79 Å². The van der Waals surface area contributed by atoms with E-state index in [1.54, 1.807) is 0 Å². The summed E-state index contributed by atoms with van der Waals surface area (Å²) in [5.41, 5.74) is 0. The number of hydrogen-bond acceptors (Lipinski definition) is 2. The molecule has 1 fully saturated rings. The molecule has 0 unspecified atom stereocenters. The fraction of sp³-hybridized carbons (Fsp3) is 0.857. The molecule has 0 aromatic heterocycles. The number of rotatable bonds is 4. The molecule has 0 saturated carbocycles. The lowest BCUT2D eigenvalue weighted by Crippen LogP contribution is -2.37. The second-order valence-electron chi connectivity index (χ2n) is 5.23. The Labute approximate surface area is 100 Å². The van der Waals surface area contributed by atoms with Crippen LogP contribution in [0.5, 0.6) is 0 Å². The number of ether oxygens (including phenoxy) is 2. The van der Waals surface area contributed by atoms with E-state index in [1.807, 2.05) is 0 Å². The Morgan fingerprint density at radius 2 is 1.56 bits per heavy atom. The van der Waals surface area contributed by atoms with Crippen molar-refractivity contribution in [1.82, 2.24) is 0 Å². The number of allylic oxidation sites excluding steroid dienone is 1. The Morgan fingerprint density at radius 1 is 1.06 bits per heavy atom. The largest absolute Gasteiger partial charge is 0.344 e. The van der Waals surface area contributed by atoms with Gasteiger partial charge in [-0.15, -0.1) is 0 Å². The van der Waals surface area contributed by atoms with E-state index in [2.05, 4.69) is 53.7 Å². The van der Waals surface area contributed by atoms with E-state index in [0.29, 0.717) is 11.8 Å². The van der Waals surface area contributed by atoms with Crippen LogP contribution in [-0.4, -0.2) is 18.0 Å². The SMILES string of the molecule is CCC1([C@@H](C)/C=C/C(C)C)O[C@H](C)[C@@H](C)O1. The predicted molar refractivity (Wildman–Crippen MR) is 67.3 cm³/mol. The van der Waals surface area contributed by atoms with Gasteiger partial charge < -0.3 is 9.47 Å². The molecule has 2 nitrogen and oxygen atoms in total. The van der Waals surface area contributed by atoms with Gasteiger partial charge in [0, 0.05) is 5.92 Å². The third kappa shape index (κ3) is 2.86. The Morgan fingerprint density at radius 3 is 1.94 bits per heavy atom. The minimum absolute atomic E-state index is 0.190. The molecule has 0 spiro atoms. The highest BCUT2D eigenvalue weighted by Crippen LogP contribution is 2.38. The molecule has 2 heteroatoms. The van der Waals surface area contributed by atoms with Gasteiger partial charge in [-0.25, -0.2) is 0 Å². The van der Waals surface area contributed by atoms with Crippen LogP contribution in [0.2, 0.25) is 0 Å². The monoisotopic (exact) mass is 226 g/mol. The molecule has 1 saturated heterocycles. The summed E-state index contributed by atoms with van der Waals surface area (Å²) < 4.78 is 12.1. The number of hydrogen-bond donors (Lipinski definition) is 0. The molecule has 1 aliphatic rings. The molecule has 94 valence electrons. The summed E-state index contributed by atoms with van der Waals surface area (Å²) in [4.78, 5) is 0. The maximum absolute atomic E-state index is 6.03. The van der Waals surface area contributed by atoms with Gasteiger partial charge in [-0.2, -0.15) is 0 Å². The fourth-order valence-corrected chi connectivity index (χ4v) is 2.09. The molecule has 0 N–H and O–H groups in total. The van der Waals surface area contributed by atoms with Crippen LogP contribution in [0, 0.1) is 11.8 Å². The Hall–Kier alpha value is -0.340. The maximum atomic E-state index is 6.03. The highest BCUT2D eigenvalue weighted by Gasteiger charge is 2.45. The predicted octanol–water partition coefficient (Wildman–Crippen LogP) is 3.76. The zero-order chi connectivity index (χ0) is 12.3. The molecule has 0 bridgehead atoms. The molecule has 1 aliphatic heterocycles. The zero-order valence-electron chi connectivity index (χ0n) is 11.5. The molecule has 3 atom stereocenters. The van der Waals surface area contributed by atoms with Gasteiger partial charge in [0.2, 0.25) is 0 Å². The first-order valence-electron chi connectivity index (χ1n) is 6.45. The van der Waals surface area contributed by atoms with Gasteiger partial charge in [-0.3, -0.25) is 0 Å². The van der Waals surface area contributed by atoms with Crippen LogP contribution in [-0.2, 0) is 9.47 Å². The summed E-state index contributed by atoms with van der Waals surface area (Å²) in [7, 11) is 0. The van der Waals surface area contributed by atoms with Crippen molar-refractivity contribution in [2.75, 3.05) is 0 Å². The molecule has 0 aliphatic carbocycles. The van der Waals surface area contributed by atoms with Crippen molar-refractivity contribution in [3.05, 3.63) is 12.2 Å². The van der Waals surface area contributed by atoms with Crippen LogP contribution in [0.1, 0.15) is 48.0 Å². The average Bonchev–Trinajstić information content (AvgIpc) is 2.52. The highest BCUT2D eigenvalue weighted by molar-refractivity contribution is 4.98. The Kier molecular flexibility index (Phi) is 4.57. The minimum Gasteiger partial charge on any atom is -0.344 e. The van der Waals surface area contributed by atoms with Crippen LogP contribution in [0.25, 0.3) is 0 Å².